The van der Waals surface area contributed by atoms with Gasteiger partial charge in [-0.15, -0.1) is 0 Å². The van der Waals surface area contributed by atoms with Gasteiger partial charge in [0.15, 0.2) is 11.5 Å². The second-order valence-corrected chi connectivity index (χ2v) is 6.22. The lowest BCUT2D eigenvalue weighted by Crippen LogP contribution is -2.29. The molecular formula is C18H31NO3. The van der Waals surface area contributed by atoms with Crippen molar-refractivity contribution >= 4 is 0 Å². The lowest BCUT2D eigenvalue weighted by atomic mass is 10.0. The minimum atomic E-state index is 0.218. The third-order valence-electron chi connectivity index (χ3n) is 3.90. The van der Waals surface area contributed by atoms with Crippen molar-refractivity contribution in [1.82, 2.24) is 5.32 Å². The predicted octanol–water partition coefficient (Wildman–Crippen LogP) is 4.19. The molecular weight excluding hydrogens is 278 g/mol. The van der Waals surface area contributed by atoms with Gasteiger partial charge in [-0.25, -0.2) is 0 Å². The van der Waals surface area contributed by atoms with Crippen LogP contribution in [0.5, 0.6) is 17.2 Å². The Balaban J connectivity index is 2.86. The average molecular weight is 309 g/mol. The third kappa shape index (κ3) is 5.09. The highest BCUT2D eigenvalue weighted by Gasteiger charge is 2.17. The first-order chi connectivity index (χ1) is 10.4. The van der Waals surface area contributed by atoms with Gasteiger partial charge < -0.3 is 19.5 Å². The summed E-state index contributed by atoms with van der Waals surface area (Å²) in [5, 5.41) is 3.64. The lowest BCUT2D eigenvalue weighted by Gasteiger charge is -2.23. The van der Waals surface area contributed by atoms with Crippen molar-refractivity contribution in [2.24, 2.45) is 5.92 Å². The summed E-state index contributed by atoms with van der Waals surface area (Å²) in [5.74, 6) is 2.76. The van der Waals surface area contributed by atoms with E-state index in [1.807, 2.05) is 12.1 Å². The molecule has 0 aliphatic carbocycles. The summed E-state index contributed by atoms with van der Waals surface area (Å²) < 4.78 is 16.2. The summed E-state index contributed by atoms with van der Waals surface area (Å²) in [5.41, 5.74) is 1.13. The first-order valence-electron chi connectivity index (χ1n) is 7.98. The molecule has 0 saturated carbocycles. The van der Waals surface area contributed by atoms with Crippen LogP contribution >= 0.6 is 0 Å². The minimum Gasteiger partial charge on any atom is -0.493 e. The minimum absolute atomic E-state index is 0.218. The summed E-state index contributed by atoms with van der Waals surface area (Å²) in [6.07, 6.45) is 2.41. The molecule has 0 heterocycles. The Hall–Kier alpha value is -1.42. The van der Waals surface area contributed by atoms with Crippen LogP contribution in [0, 0.1) is 5.92 Å². The zero-order valence-electron chi connectivity index (χ0n) is 15.0. The van der Waals surface area contributed by atoms with Crippen LogP contribution in [0.25, 0.3) is 0 Å². The van der Waals surface area contributed by atoms with Gasteiger partial charge in [0, 0.05) is 12.1 Å². The molecule has 4 nitrogen and oxygen atoms in total. The topological polar surface area (TPSA) is 39.7 Å². The monoisotopic (exact) mass is 309 g/mol. The van der Waals surface area contributed by atoms with E-state index in [1.165, 1.54) is 12.8 Å². The molecule has 126 valence electrons. The van der Waals surface area contributed by atoms with Crippen molar-refractivity contribution in [3.05, 3.63) is 17.7 Å². The molecule has 0 spiro atoms. The maximum atomic E-state index is 5.42. The van der Waals surface area contributed by atoms with Crippen molar-refractivity contribution in [1.29, 1.82) is 0 Å². The fourth-order valence-electron chi connectivity index (χ4n) is 2.54. The largest absolute Gasteiger partial charge is 0.493 e. The SMILES string of the molecule is COc1cc(C(C)NC(C)CCC(C)C)cc(OC)c1OC. The standard InChI is InChI=1S/C18H31NO3/c1-12(2)8-9-13(3)19-14(4)15-10-16(20-5)18(22-7)17(11-15)21-6/h10-14,19H,8-9H2,1-7H3. The Morgan fingerprint density at radius 2 is 1.41 bits per heavy atom. The van der Waals surface area contributed by atoms with E-state index in [4.69, 9.17) is 14.2 Å². The molecule has 0 aliphatic heterocycles. The molecule has 2 unspecified atom stereocenters. The van der Waals surface area contributed by atoms with Crippen molar-refractivity contribution in [2.75, 3.05) is 21.3 Å². The first kappa shape index (κ1) is 18.6. The van der Waals surface area contributed by atoms with Crippen LogP contribution < -0.4 is 19.5 Å². The molecule has 0 bridgehead atoms. The lowest BCUT2D eigenvalue weighted by molar-refractivity contribution is 0.322. The van der Waals surface area contributed by atoms with Crippen molar-refractivity contribution in [3.63, 3.8) is 0 Å². The Labute approximate surface area is 135 Å². The normalized spacial score (nSPS) is 13.8. The third-order valence-corrected chi connectivity index (χ3v) is 3.90. The zero-order chi connectivity index (χ0) is 16.7. The van der Waals surface area contributed by atoms with E-state index < -0.39 is 0 Å². The Morgan fingerprint density at radius 1 is 0.864 bits per heavy atom. The summed E-state index contributed by atoms with van der Waals surface area (Å²) in [7, 11) is 4.91. The molecule has 2 atom stereocenters. The zero-order valence-corrected chi connectivity index (χ0v) is 15.0. The van der Waals surface area contributed by atoms with Crippen molar-refractivity contribution in [3.8, 4) is 17.2 Å². The van der Waals surface area contributed by atoms with Crippen LogP contribution in [0.2, 0.25) is 0 Å². The maximum Gasteiger partial charge on any atom is 0.203 e. The molecule has 22 heavy (non-hydrogen) atoms. The van der Waals surface area contributed by atoms with E-state index in [0.717, 1.165) is 11.5 Å². The van der Waals surface area contributed by atoms with Crippen LogP contribution in [0.15, 0.2) is 12.1 Å². The fraction of sp³-hybridized carbons (Fsp3) is 0.667. The highest BCUT2D eigenvalue weighted by atomic mass is 16.5. The smallest absolute Gasteiger partial charge is 0.203 e. The number of hydrogen-bond donors (Lipinski definition) is 1. The maximum absolute atomic E-state index is 5.42. The van der Waals surface area contributed by atoms with E-state index in [2.05, 4.69) is 33.0 Å². The number of ether oxygens (including phenoxy) is 3. The van der Waals surface area contributed by atoms with Crippen LogP contribution in [0.1, 0.15) is 52.1 Å². The van der Waals surface area contributed by atoms with Gasteiger partial charge >= 0.3 is 0 Å². The second kappa shape index (κ2) is 8.89. The van der Waals surface area contributed by atoms with E-state index in [1.54, 1.807) is 21.3 Å². The van der Waals surface area contributed by atoms with Gasteiger partial charge in [-0.1, -0.05) is 13.8 Å². The Bertz CT molecular complexity index is 435. The molecule has 0 aromatic heterocycles. The Morgan fingerprint density at radius 3 is 1.82 bits per heavy atom. The molecule has 0 amide bonds. The summed E-state index contributed by atoms with van der Waals surface area (Å²) in [6.45, 7) is 8.91. The highest BCUT2D eigenvalue weighted by Crippen LogP contribution is 2.39. The van der Waals surface area contributed by atoms with Gasteiger partial charge in [-0.05, 0) is 50.3 Å². The first-order valence-corrected chi connectivity index (χ1v) is 7.98. The fourth-order valence-corrected chi connectivity index (χ4v) is 2.54. The van der Waals surface area contributed by atoms with E-state index >= 15 is 0 Å². The molecule has 1 aromatic carbocycles. The highest BCUT2D eigenvalue weighted by molar-refractivity contribution is 5.54. The number of methoxy groups -OCH3 is 3. The predicted molar refractivity (Wildman–Crippen MR) is 91.2 cm³/mol. The van der Waals surface area contributed by atoms with Crippen molar-refractivity contribution in [2.45, 2.75) is 52.6 Å². The number of nitrogens with one attached hydrogen (secondary N) is 1. The van der Waals surface area contributed by atoms with Gasteiger partial charge in [0.25, 0.3) is 0 Å². The second-order valence-electron chi connectivity index (χ2n) is 6.22. The van der Waals surface area contributed by atoms with Crippen LogP contribution in [-0.4, -0.2) is 27.4 Å². The van der Waals surface area contributed by atoms with E-state index in [0.29, 0.717) is 23.3 Å². The van der Waals surface area contributed by atoms with Crippen LogP contribution in [0.3, 0.4) is 0 Å². The van der Waals surface area contributed by atoms with Crippen molar-refractivity contribution < 1.29 is 14.2 Å². The van der Waals surface area contributed by atoms with Gasteiger partial charge in [0.1, 0.15) is 0 Å². The van der Waals surface area contributed by atoms with Gasteiger partial charge in [-0.2, -0.15) is 0 Å². The molecule has 1 aromatic rings. The molecule has 1 rings (SSSR count). The summed E-state index contributed by atoms with van der Waals surface area (Å²) in [6, 6.07) is 4.70. The van der Waals surface area contributed by atoms with Crippen LogP contribution in [0.4, 0.5) is 0 Å². The molecule has 0 fully saturated rings. The molecule has 0 aliphatic rings. The molecule has 1 N–H and O–H groups in total. The van der Waals surface area contributed by atoms with E-state index in [9.17, 15) is 0 Å². The molecule has 0 saturated heterocycles. The molecule has 4 heteroatoms. The number of benzene rings is 1. The van der Waals surface area contributed by atoms with Gasteiger partial charge in [0.05, 0.1) is 21.3 Å². The Kier molecular flexibility index (Phi) is 7.52. The molecule has 0 radical (unpaired) electrons. The summed E-state index contributed by atoms with van der Waals surface area (Å²) in [4.78, 5) is 0. The summed E-state index contributed by atoms with van der Waals surface area (Å²) >= 11 is 0. The number of rotatable bonds is 9. The van der Waals surface area contributed by atoms with Crippen LogP contribution in [-0.2, 0) is 0 Å². The average Bonchev–Trinajstić information content (AvgIpc) is 2.51. The number of hydrogen-bond acceptors (Lipinski definition) is 4. The van der Waals surface area contributed by atoms with E-state index in [-0.39, 0.29) is 6.04 Å². The van der Waals surface area contributed by atoms with Gasteiger partial charge in [0.2, 0.25) is 5.75 Å². The quantitative estimate of drug-likeness (QED) is 0.742. The van der Waals surface area contributed by atoms with Gasteiger partial charge in [-0.3, -0.25) is 0 Å².